The number of nitrogens with two attached hydrogens (primary N) is 1. The quantitative estimate of drug-likeness (QED) is 0.233. The van der Waals surface area contributed by atoms with Crippen molar-refractivity contribution in [1.82, 2.24) is 10.1 Å². The SMILES string of the molecule is Nc1c(-c2cc(Cc3ccc(Nc4ccccc4)nc3)no2)ccc[n+]1COP(=O)(O)O. The van der Waals surface area contributed by atoms with Crippen molar-refractivity contribution >= 4 is 25.1 Å². The van der Waals surface area contributed by atoms with Crippen LogP contribution >= 0.6 is 7.82 Å². The van der Waals surface area contributed by atoms with Crippen LogP contribution in [-0.4, -0.2) is 19.9 Å². The predicted octanol–water partition coefficient (Wildman–Crippen LogP) is 3.01. The normalized spacial score (nSPS) is 11.4. The number of phosphoric ester groups is 1. The van der Waals surface area contributed by atoms with Crippen molar-refractivity contribution < 1.29 is 28.0 Å². The number of hydrogen-bond acceptors (Lipinski definition) is 7. The Morgan fingerprint density at radius 1 is 1.12 bits per heavy atom. The summed E-state index contributed by atoms with van der Waals surface area (Å²) in [6, 6.07) is 18.8. The summed E-state index contributed by atoms with van der Waals surface area (Å²) in [5.41, 5.74) is 9.24. The molecule has 4 aromatic rings. The third kappa shape index (κ3) is 5.57. The lowest BCUT2D eigenvalue weighted by molar-refractivity contribution is -0.711. The van der Waals surface area contributed by atoms with Gasteiger partial charge in [0.2, 0.25) is 6.73 Å². The summed E-state index contributed by atoms with van der Waals surface area (Å²) in [5.74, 6) is 1.39. The van der Waals surface area contributed by atoms with E-state index in [0.29, 0.717) is 23.4 Å². The minimum atomic E-state index is -4.62. The molecule has 3 heterocycles. The topological polar surface area (TPSA) is 148 Å². The van der Waals surface area contributed by atoms with E-state index in [9.17, 15) is 4.57 Å². The number of benzene rings is 1. The Kier molecular flexibility index (Phi) is 6.29. The highest BCUT2D eigenvalue weighted by Crippen LogP contribution is 2.35. The van der Waals surface area contributed by atoms with Gasteiger partial charge < -0.3 is 19.6 Å². The molecule has 0 saturated carbocycles. The van der Waals surface area contributed by atoms with Crippen LogP contribution in [-0.2, 0) is 22.2 Å². The number of phosphoric acid groups is 1. The van der Waals surface area contributed by atoms with E-state index in [-0.39, 0.29) is 5.82 Å². The molecule has 164 valence electrons. The Labute approximate surface area is 183 Å². The van der Waals surface area contributed by atoms with Gasteiger partial charge in [0.25, 0.3) is 5.82 Å². The molecule has 0 aliphatic carbocycles. The molecule has 0 unspecified atom stereocenters. The maximum atomic E-state index is 10.9. The molecule has 10 nitrogen and oxygen atoms in total. The Bertz CT molecular complexity index is 1240. The number of pyridine rings is 2. The number of nitrogens with one attached hydrogen (secondary N) is 1. The summed E-state index contributed by atoms with van der Waals surface area (Å²) in [6.07, 6.45) is 3.82. The summed E-state index contributed by atoms with van der Waals surface area (Å²) in [5, 5.41) is 7.33. The first-order chi connectivity index (χ1) is 15.4. The molecule has 3 aromatic heterocycles. The molecule has 0 radical (unpaired) electrons. The molecule has 5 N–H and O–H groups in total. The van der Waals surface area contributed by atoms with Gasteiger partial charge in [0.1, 0.15) is 11.4 Å². The van der Waals surface area contributed by atoms with Crippen molar-refractivity contribution in [1.29, 1.82) is 0 Å². The minimum absolute atomic E-state index is 0.224. The van der Waals surface area contributed by atoms with Gasteiger partial charge in [-0.25, -0.2) is 18.6 Å². The van der Waals surface area contributed by atoms with Crippen LogP contribution in [0.5, 0.6) is 0 Å². The fourth-order valence-corrected chi connectivity index (χ4v) is 3.30. The van der Waals surface area contributed by atoms with E-state index in [1.54, 1.807) is 30.6 Å². The highest BCUT2D eigenvalue weighted by molar-refractivity contribution is 7.46. The molecule has 0 amide bonds. The Morgan fingerprint density at radius 2 is 1.94 bits per heavy atom. The van der Waals surface area contributed by atoms with Gasteiger partial charge in [-0.2, -0.15) is 0 Å². The lowest BCUT2D eigenvalue weighted by Crippen LogP contribution is -2.38. The monoisotopic (exact) mass is 454 g/mol. The first-order valence-corrected chi connectivity index (χ1v) is 11.1. The minimum Gasteiger partial charge on any atom is -0.356 e. The highest BCUT2D eigenvalue weighted by Gasteiger charge is 2.20. The van der Waals surface area contributed by atoms with Gasteiger partial charge >= 0.3 is 7.82 Å². The third-order valence-electron chi connectivity index (χ3n) is 4.56. The number of nitrogens with zero attached hydrogens (tertiary/aromatic N) is 3. The zero-order valence-electron chi connectivity index (χ0n) is 16.8. The molecule has 0 atom stereocenters. The van der Waals surface area contributed by atoms with Crippen molar-refractivity contribution in [2.24, 2.45) is 0 Å². The summed E-state index contributed by atoms with van der Waals surface area (Å²) in [4.78, 5) is 22.2. The smallest absolute Gasteiger partial charge is 0.356 e. The standard InChI is InChI=1S/C21H20N5O5P/c22-21-18(7-4-10-26(21)14-30-32(27,28)29)19-12-17(25-31-19)11-15-8-9-20(23-13-15)24-16-5-2-1-3-6-16/h1-10,12-13,22H,11,14H2,(H3,23,24,27,28,29)/p+1. The molecule has 0 spiro atoms. The van der Waals surface area contributed by atoms with Crippen LogP contribution in [0.15, 0.2) is 77.6 Å². The van der Waals surface area contributed by atoms with Gasteiger partial charge in [0.15, 0.2) is 5.76 Å². The van der Waals surface area contributed by atoms with Crippen molar-refractivity contribution in [2.45, 2.75) is 13.2 Å². The number of para-hydroxylation sites is 1. The summed E-state index contributed by atoms with van der Waals surface area (Å²) >= 11 is 0. The van der Waals surface area contributed by atoms with E-state index < -0.39 is 14.6 Å². The fraction of sp³-hybridized carbons (Fsp3) is 0.0952. The average Bonchev–Trinajstić information content (AvgIpc) is 3.23. The van der Waals surface area contributed by atoms with E-state index in [2.05, 4.69) is 20.0 Å². The van der Waals surface area contributed by atoms with Crippen LogP contribution in [0.25, 0.3) is 11.3 Å². The number of hydrogen-bond donors (Lipinski definition) is 4. The van der Waals surface area contributed by atoms with Gasteiger partial charge in [-0.1, -0.05) is 29.4 Å². The average molecular weight is 454 g/mol. The first kappa shape index (κ1) is 21.7. The number of aromatic nitrogens is 3. The summed E-state index contributed by atoms with van der Waals surface area (Å²) < 4.78 is 22.2. The number of nitrogen functional groups attached to an aromatic ring is 1. The lowest BCUT2D eigenvalue weighted by Gasteiger charge is -2.07. The number of anilines is 3. The second-order valence-electron chi connectivity index (χ2n) is 6.93. The first-order valence-electron chi connectivity index (χ1n) is 9.58. The van der Waals surface area contributed by atoms with Crippen LogP contribution in [0.2, 0.25) is 0 Å². The zero-order valence-corrected chi connectivity index (χ0v) is 17.7. The van der Waals surface area contributed by atoms with E-state index in [1.807, 2.05) is 42.5 Å². The summed E-state index contributed by atoms with van der Waals surface area (Å²) in [6.45, 7) is -0.403. The maximum absolute atomic E-state index is 10.9. The summed E-state index contributed by atoms with van der Waals surface area (Å²) in [7, 11) is -4.62. The van der Waals surface area contributed by atoms with Crippen LogP contribution in [0.1, 0.15) is 11.3 Å². The molecule has 0 bridgehead atoms. The van der Waals surface area contributed by atoms with Gasteiger partial charge in [-0.15, -0.1) is 0 Å². The largest absolute Gasteiger partial charge is 0.472 e. The Morgan fingerprint density at radius 3 is 2.66 bits per heavy atom. The molecular weight excluding hydrogens is 433 g/mol. The van der Waals surface area contributed by atoms with Gasteiger partial charge in [0, 0.05) is 24.4 Å². The predicted molar refractivity (Wildman–Crippen MR) is 116 cm³/mol. The molecule has 32 heavy (non-hydrogen) atoms. The lowest BCUT2D eigenvalue weighted by atomic mass is 10.1. The second-order valence-corrected chi connectivity index (χ2v) is 8.17. The third-order valence-corrected chi connectivity index (χ3v) is 5.01. The molecule has 11 heteroatoms. The van der Waals surface area contributed by atoms with Crippen LogP contribution in [0.4, 0.5) is 17.3 Å². The zero-order chi connectivity index (χ0) is 22.6. The fourth-order valence-electron chi connectivity index (χ4n) is 3.03. The van der Waals surface area contributed by atoms with Gasteiger partial charge in [-0.05, 0) is 35.9 Å². The molecular formula is C21H21N5O5P+. The number of rotatable bonds is 8. The van der Waals surface area contributed by atoms with Crippen LogP contribution in [0.3, 0.4) is 0 Å². The van der Waals surface area contributed by atoms with Crippen molar-refractivity contribution in [3.63, 3.8) is 0 Å². The van der Waals surface area contributed by atoms with Crippen molar-refractivity contribution in [3.8, 4) is 11.3 Å². The Hall–Kier alpha value is -3.56. The maximum Gasteiger partial charge on any atom is 0.472 e. The van der Waals surface area contributed by atoms with Crippen LogP contribution in [0, 0.1) is 0 Å². The molecule has 0 saturated heterocycles. The molecule has 0 fully saturated rings. The highest BCUT2D eigenvalue weighted by atomic mass is 31.2. The van der Waals surface area contributed by atoms with Gasteiger partial charge in [0.05, 0.1) is 11.9 Å². The van der Waals surface area contributed by atoms with Gasteiger partial charge in [-0.3, -0.25) is 5.73 Å². The van der Waals surface area contributed by atoms with E-state index in [4.69, 9.17) is 20.0 Å². The molecule has 1 aromatic carbocycles. The van der Waals surface area contributed by atoms with Crippen molar-refractivity contribution in [2.75, 3.05) is 11.1 Å². The molecule has 0 aliphatic heterocycles. The van der Waals surface area contributed by atoms with E-state index in [0.717, 1.165) is 17.1 Å². The molecule has 0 aliphatic rings. The molecule has 4 rings (SSSR count). The van der Waals surface area contributed by atoms with Crippen molar-refractivity contribution in [3.05, 3.63) is 84.3 Å². The van der Waals surface area contributed by atoms with Crippen LogP contribution < -0.4 is 15.6 Å². The van der Waals surface area contributed by atoms with E-state index in [1.165, 1.54) is 4.57 Å². The second kappa shape index (κ2) is 9.29. The Balaban J connectivity index is 1.45. The van der Waals surface area contributed by atoms with E-state index >= 15 is 0 Å².